The fourth-order valence-electron chi connectivity index (χ4n) is 4.14. The van der Waals surface area contributed by atoms with Gasteiger partial charge in [0.15, 0.2) is 0 Å². The van der Waals surface area contributed by atoms with Crippen molar-refractivity contribution in [2.24, 2.45) is 0 Å². The minimum Gasteiger partial charge on any atom is -0.337 e. The first-order chi connectivity index (χ1) is 12.9. The Balaban J connectivity index is 1.31. The van der Waals surface area contributed by atoms with Gasteiger partial charge in [-0.3, -0.25) is 4.68 Å². The van der Waals surface area contributed by atoms with Crippen LogP contribution in [0.25, 0.3) is 10.2 Å². The van der Waals surface area contributed by atoms with E-state index in [4.69, 9.17) is 0 Å². The Labute approximate surface area is 157 Å². The molecule has 26 heavy (non-hydrogen) atoms. The fourth-order valence-corrected chi connectivity index (χ4v) is 5.37. The lowest BCUT2D eigenvalue weighted by atomic mass is 10.1. The molecule has 2 aliphatic rings. The minimum atomic E-state index is 0.921. The Bertz CT molecular complexity index is 908. The summed E-state index contributed by atoms with van der Waals surface area (Å²) in [5, 5.41) is 9.22. The number of aromatic nitrogens is 4. The maximum absolute atomic E-state index is 4.52. The predicted molar refractivity (Wildman–Crippen MR) is 105 cm³/mol. The zero-order valence-corrected chi connectivity index (χ0v) is 15.8. The Morgan fingerprint density at radius 1 is 1.04 bits per heavy atom. The molecule has 1 aliphatic carbocycles. The van der Waals surface area contributed by atoms with Crippen molar-refractivity contribution in [3.8, 4) is 0 Å². The van der Waals surface area contributed by atoms with Gasteiger partial charge < -0.3 is 10.2 Å². The second kappa shape index (κ2) is 6.96. The third kappa shape index (κ3) is 3.10. The number of thiophene rings is 1. The van der Waals surface area contributed by atoms with Crippen molar-refractivity contribution < 1.29 is 0 Å². The molecule has 6 nitrogen and oxygen atoms in total. The van der Waals surface area contributed by atoms with Crippen LogP contribution >= 0.6 is 11.3 Å². The van der Waals surface area contributed by atoms with E-state index in [-0.39, 0.29) is 0 Å². The highest BCUT2D eigenvalue weighted by atomic mass is 32.1. The number of nitrogens with one attached hydrogen (secondary N) is 1. The van der Waals surface area contributed by atoms with Gasteiger partial charge in [-0.25, -0.2) is 9.97 Å². The number of nitrogens with zero attached hydrogens (tertiary/aromatic N) is 5. The van der Waals surface area contributed by atoms with Crippen molar-refractivity contribution in [3.63, 3.8) is 0 Å². The molecule has 0 spiro atoms. The first-order valence-electron chi connectivity index (χ1n) is 9.64. The lowest BCUT2D eigenvalue weighted by Gasteiger charge is -2.26. The van der Waals surface area contributed by atoms with Crippen LogP contribution in [0.2, 0.25) is 0 Å². The minimum absolute atomic E-state index is 0.921. The SMILES string of the molecule is c1nc(Nc2cnn(CCN3CCCCC3)c2)c2c3c(sc2n1)CCC3. The van der Waals surface area contributed by atoms with E-state index in [2.05, 4.69) is 31.5 Å². The van der Waals surface area contributed by atoms with Gasteiger partial charge >= 0.3 is 0 Å². The molecule has 0 bridgehead atoms. The Kier molecular flexibility index (Phi) is 4.34. The Morgan fingerprint density at radius 3 is 2.88 bits per heavy atom. The monoisotopic (exact) mass is 368 g/mol. The number of hydrogen-bond donors (Lipinski definition) is 1. The maximum Gasteiger partial charge on any atom is 0.142 e. The first-order valence-corrected chi connectivity index (χ1v) is 10.5. The molecule has 0 unspecified atom stereocenters. The summed E-state index contributed by atoms with van der Waals surface area (Å²) in [7, 11) is 0. The Morgan fingerprint density at radius 2 is 1.96 bits per heavy atom. The number of hydrogen-bond acceptors (Lipinski definition) is 6. The average molecular weight is 369 g/mol. The van der Waals surface area contributed by atoms with Gasteiger partial charge in [-0.1, -0.05) is 6.42 Å². The highest BCUT2D eigenvalue weighted by molar-refractivity contribution is 7.19. The predicted octanol–water partition coefficient (Wildman–Crippen LogP) is 3.61. The van der Waals surface area contributed by atoms with Crippen molar-refractivity contribution in [1.82, 2.24) is 24.6 Å². The first kappa shape index (κ1) is 16.2. The van der Waals surface area contributed by atoms with Crippen LogP contribution in [0.1, 0.15) is 36.1 Å². The fraction of sp³-hybridized carbons (Fsp3) is 0.526. The summed E-state index contributed by atoms with van der Waals surface area (Å²) in [4.78, 5) is 14.1. The normalized spacial score (nSPS) is 17.7. The summed E-state index contributed by atoms with van der Waals surface area (Å²) in [5.74, 6) is 0.921. The number of rotatable bonds is 5. The number of anilines is 2. The van der Waals surface area contributed by atoms with Gasteiger partial charge in [0.1, 0.15) is 17.0 Å². The molecular weight excluding hydrogens is 344 g/mol. The molecule has 4 heterocycles. The molecule has 1 saturated heterocycles. The van der Waals surface area contributed by atoms with Crippen LogP contribution in [-0.4, -0.2) is 44.3 Å². The second-order valence-electron chi connectivity index (χ2n) is 7.28. The van der Waals surface area contributed by atoms with Gasteiger partial charge in [-0.15, -0.1) is 11.3 Å². The molecule has 1 fully saturated rings. The van der Waals surface area contributed by atoms with Crippen molar-refractivity contribution in [2.75, 3.05) is 25.0 Å². The average Bonchev–Trinajstić information content (AvgIpc) is 3.37. The molecule has 1 aliphatic heterocycles. The summed E-state index contributed by atoms with van der Waals surface area (Å²) in [6, 6.07) is 0. The molecule has 7 heteroatoms. The van der Waals surface area contributed by atoms with Gasteiger partial charge in [-0.2, -0.15) is 5.10 Å². The molecule has 0 amide bonds. The lowest BCUT2D eigenvalue weighted by Crippen LogP contribution is -2.32. The maximum atomic E-state index is 4.52. The molecule has 136 valence electrons. The molecule has 3 aromatic heterocycles. The lowest BCUT2D eigenvalue weighted by molar-refractivity contribution is 0.218. The summed E-state index contributed by atoms with van der Waals surface area (Å²) in [5.41, 5.74) is 2.45. The topological polar surface area (TPSA) is 58.9 Å². The molecule has 5 rings (SSSR count). The van der Waals surface area contributed by atoms with Crippen LogP contribution in [0.15, 0.2) is 18.7 Å². The van der Waals surface area contributed by atoms with Crippen LogP contribution in [-0.2, 0) is 19.4 Å². The van der Waals surface area contributed by atoms with Crippen molar-refractivity contribution in [2.45, 2.75) is 45.1 Å². The molecule has 0 atom stereocenters. The van der Waals surface area contributed by atoms with Gasteiger partial charge in [0.25, 0.3) is 0 Å². The smallest absolute Gasteiger partial charge is 0.142 e. The van der Waals surface area contributed by atoms with Crippen LogP contribution in [0.3, 0.4) is 0 Å². The van der Waals surface area contributed by atoms with Crippen molar-refractivity contribution >= 4 is 33.1 Å². The van der Waals surface area contributed by atoms with E-state index in [0.717, 1.165) is 35.8 Å². The highest BCUT2D eigenvalue weighted by Crippen LogP contribution is 2.39. The summed E-state index contributed by atoms with van der Waals surface area (Å²) >= 11 is 1.82. The second-order valence-corrected chi connectivity index (χ2v) is 8.36. The van der Waals surface area contributed by atoms with Crippen molar-refractivity contribution in [1.29, 1.82) is 0 Å². The van der Waals surface area contributed by atoms with Gasteiger partial charge in [0, 0.05) is 17.6 Å². The molecule has 1 N–H and O–H groups in total. The number of fused-ring (bicyclic) bond motifs is 3. The van der Waals surface area contributed by atoms with E-state index >= 15 is 0 Å². The number of piperidine rings is 1. The largest absolute Gasteiger partial charge is 0.337 e. The van der Waals surface area contributed by atoms with E-state index in [9.17, 15) is 0 Å². The third-order valence-electron chi connectivity index (χ3n) is 5.49. The molecule has 0 radical (unpaired) electrons. The Hall–Kier alpha value is -1.99. The molecular formula is C19H24N6S. The van der Waals surface area contributed by atoms with E-state index in [1.807, 2.05) is 22.2 Å². The molecule has 3 aromatic rings. The van der Waals surface area contributed by atoms with E-state index in [1.54, 1.807) is 6.33 Å². The number of aryl methyl sites for hydroxylation is 2. The number of likely N-dealkylation sites (tertiary alicyclic amines) is 1. The third-order valence-corrected chi connectivity index (χ3v) is 6.69. The van der Waals surface area contributed by atoms with Gasteiger partial charge in [0.05, 0.1) is 23.8 Å². The van der Waals surface area contributed by atoms with Crippen LogP contribution in [0.4, 0.5) is 11.5 Å². The summed E-state index contributed by atoms with van der Waals surface area (Å²) in [6.07, 6.45) is 13.3. The quantitative estimate of drug-likeness (QED) is 0.745. The van der Waals surface area contributed by atoms with E-state index in [0.29, 0.717) is 0 Å². The van der Waals surface area contributed by atoms with E-state index in [1.165, 1.54) is 61.0 Å². The van der Waals surface area contributed by atoms with E-state index < -0.39 is 0 Å². The highest BCUT2D eigenvalue weighted by Gasteiger charge is 2.21. The standard InChI is InChI=1S/C19H24N6S/c1-2-7-24(8-3-1)9-10-25-12-14(11-22-25)23-18-17-15-5-4-6-16(15)26-19(17)21-13-20-18/h11-13H,1-10H2,(H,20,21,23). The van der Waals surface area contributed by atoms with Crippen LogP contribution < -0.4 is 5.32 Å². The summed E-state index contributed by atoms with van der Waals surface area (Å²) < 4.78 is 2.04. The van der Waals surface area contributed by atoms with Gasteiger partial charge in [0.2, 0.25) is 0 Å². The zero-order chi connectivity index (χ0) is 17.3. The molecule has 0 aromatic carbocycles. The molecule has 0 saturated carbocycles. The summed E-state index contributed by atoms with van der Waals surface area (Å²) in [6.45, 7) is 4.48. The van der Waals surface area contributed by atoms with Gasteiger partial charge in [-0.05, 0) is 50.8 Å². The van der Waals surface area contributed by atoms with Crippen molar-refractivity contribution in [3.05, 3.63) is 29.2 Å². The zero-order valence-electron chi connectivity index (χ0n) is 14.9. The van der Waals surface area contributed by atoms with Crippen LogP contribution in [0.5, 0.6) is 0 Å². The van der Waals surface area contributed by atoms with Crippen LogP contribution in [0, 0.1) is 0 Å².